The van der Waals surface area contributed by atoms with E-state index in [2.05, 4.69) is 4.98 Å². The van der Waals surface area contributed by atoms with E-state index in [4.69, 9.17) is 28.3 Å². The second-order valence-corrected chi connectivity index (χ2v) is 5.33. The zero-order valence-electron chi connectivity index (χ0n) is 9.48. The van der Waals surface area contributed by atoms with Gasteiger partial charge in [0, 0.05) is 6.54 Å². The molecule has 1 heterocycles. The standard InChI is InChI=1S/C11H10Cl2N2O2S/c1-2-15-9-4-7(13)6(12)3-8(9)14-11(15)18-5-10(16)17/h3-4H,2,5H2,1H3,(H,16,17). The van der Waals surface area contributed by atoms with E-state index in [0.717, 1.165) is 11.0 Å². The number of hydrogen-bond donors (Lipinski definition) is 1. The molecule has 4 nitrogen and oxygen atoms in total. The Bertz CT molecular complexity index is 613. The number of benzene rings is 1. The van der Waals surface area contributed by atoms with Gasteiger partial charge in [-0.05, 0) is 19.1 Å². The summed E-state index contributed by atoms with van der Waals surface area (Å²) in [4.78, 5) is 15.0. The van der Waals surface area contributed by atoms with Gasteiger partial charge in [-0.1, -0.05) is 35.0 Å². The molecule has 0 spiro atoms. The van der Waals surface area contributed by atoms with Crippen LogP contribution in [0.25, 0.3) is 11.0 Å². The number of fused-ring (bicyclic) bond motifs is 1. The summed E-state index contributed by atoms with van der Waals surface area (Å²) < 4.78 is 1.92. The maximum atomic E-state index is 10.6. The summed E-state index contributed by atoms with van der Waals surface area (Å²) in [5, 5.41) is 10.3. The number of aromatic nitrogens is 2. The highest BCUT2D eigenvalue weighted by Gasteiger charge is 2.13. The summed E-state index contributed by atoms with van der Waals surface area (Å²) in [5.74, 6) is -0.893. The van der Waals surface area contributed by atoms with Gasteiger partial charge in [0.25, 0.3) is 0 Å². The van der Waals surface area contributed by atoms with Crippen molar-refractivity contribution in [2.75, 3.05) is 5.75 Å². The first-order valence-corrected chi connectivity index (χ1v) is 6.97. The van der Waals surface area contributed by atoms with Crippen molar-refractivity contribution < 1.29 is 9.90 Å². The van der Waals surface area contributed by atoms with Gasteiger partial charge in [-0.25, -0.2) is 4.98 Å². The molecule has 0 bridgehead atoms. The fraction of sp³-hybridized carbons (Fsp3) is 0.273. The molecule has 0 fully saturated rings. The van der Waals surface area contributed by atoms with Gasteiger partial charge in [0.05, 0.1) is 26.8 Å². The van der Waals surface area contributed by atoms with Crippen molar-refractivity contribution in [3.05, 3.63) is 22.2 Å². The Morgan fingerprint density at radius 2 is 2.11 bits per heavy atom. The maximum absolute atomic E-state index is 10.6. The highest BCUT2D eigenvalue weighted by molar-refractivity contribution is 7.99. The Labute approximate surface area is 118 Å². The average Bonchev–Trinajstić information content (AvgIpc) is 2.64. The number of carboxylic acid groups (broad SMARTS) is 1. The number of hydrogen-bond acceptors (Lipinski definition) is 3. The first kappa shape index (κ1) is 13.5. The largest absolute Gasteiger partial charge is 0.481 e. The van der Waals surface area contributed by atoms with Crippen LogP contribution in [-0.4, -0.2) is 26.4 Å². The van der Waals surface area contributed by atoms with Crippen LogP contribution in [-0.2, 0) is 11.3 Å². The summed E-state index contributed by atoms with van der Waals surface area (Å²) in [6.07, 6.45) is 0. The van der Waals surface area contributed by atoms with Crippen LogP contribution >= 0.6 is 35.0 Å². The van der Waals surface area contributed by atoms with Gasteiger partial charge in [0.15, 0.2) is 5.16 Å². The predicted molar refractivity (Wildman–Crippen MR) is 73.8 cm³/mol. The quantitative estimate of drug-likeness (QED) is 0.878. The zero-order valence-corrected chi connectivity index (χ0v) is 11.8. The van der Waals surface area contributed by atoms with Crippen molar-refractivity contribution in [1.29, 1.82) is 0 Å². The number of nitrogens with zero attached hydrogens (tertiary/aromatic N) is 2. The van der Waals surface area contributed by atoms with E-state index >= 15 is 0 Å². The van der Waals surface area contributed by atoms with Gasteiger partial charge in [0.2, 0.25) is 0 Å². The molecule has 0 amide bonds. The summed E-state index contributed by atoms with van der Waals surface area (Å²) in [6, 6.07) is 3.44. The van der Waals surface area contributed by atoms with Crippen molar-refractivity contribution in [2.45, 2.75) is 18.6 Å². The second kappa shape index (κ2) is 5.38. The highest BCUT2D eigenvalue weighted by atomic mass is 35.5. The lowest BCUT2D eigenvalue weighted by Gasteiger charge is -2.04. The number of imidazole rings is 1. The van der Waals surface area contributed by atoms with Gasteiger partial charge in [-0.2, -0.15) is 0 Å². The van der Waals surface area contributed by atoms with Gasteiger partial charge >= 0.3 is 5.97 Å². The third-order valence-electron chi connectivity index (χ3n) is 2.40. The molecule has 1 aromatic carbocycles. The van der Waals surface area contributed by atoms with Crippen molar-refractivity contribution in [3.63, 3.8) is 0 Å². The molecule has 0 radical (unpaired) electrons. The first-order chi connectivity index (χ1) is 8.52. The van der Waals surface area contributed by atoms with E-state index in [-0.39, 0.29) is 5.75 Å². The molecule has 0 saturated carbocycles. The smallest absolute Gasteiger partial charge is 0.313 e. The molecule has 0 unspecified atom stereocenters. The van der Waals surface area contributed by atoms with Crippen LogP contribution in [0.3, 0.4) is 0 Å². The number of carbonyl (C=O) groups is 1. The SMILES string of the molecule is CCn1c(SCC(=O)O)nc2cc(Cl)c(Cl)cc21. The fourth-order valence-corrected chi connectivity index (χ4v) is 2.75. The predicted octanol–water partition coefficient (Wildman–Crippen LogP) is 3.54. The second-order valence-electron chi connectivity index (χ2n) is 3.58. The summed E-state index contributed by atoms with van der Waals surface area (Å²) in [5.41, 5.74) is 1.58. The van der Waals surface area contributed by atoms with Gasteiger partial charge in [-0.3, -0.25) is 4.79 Å². The lowest BCUT2D eigenvalue weighted by Crippen LogP contribution is -2.01. The molecule has 0 aliphatic carbocycles. The molecular weight excluding hydrogens is 295 g/mol. The van der Waals surface area contributed by atoms with E-state index in [0.29, 0.717) is 21.7 Å². The molecule has 1 aromatic heterocycles. The number of carboxylic acids is 1. The van der Waals surface area contributed by atoms with Crippen LogP contribution in [0.15, 0.2) is 17.3 Å². The minimum Gasteiger partial charge on any atom is -0.481 e. The summed E-state index contributed by atoms with van der Waals surface area (Å²) >= 11 is 13.1. The molecule has 18 heavy (non-hydrogen) atoms. The average molecular weight is 305 g/mol. The molecule has 0 aliphatic heterocycles. The van der Waals surface area contributed by atoms with Crippen molar-refractivity contribution in [2.24, 2.45) is 0 Å². The Morgan fingerprint density at radius 1 is 1.44 bits per heavy atom. The molecule has 0 atom stereocenters. The van der Waals surface area contributed by atoms with Crippen LogP contribution < -0.4 is 0 Å². The van der Waals surface area contributed by atoms with Crippen molar-refractivity contribution in [1.82, 2.24) is 9.55 Å². The Morgan fingerprint density at radius 3 is 2.72 bits per heavy atom. The monoisotopic (exact) mass is 304 g/mol. The Balaban J connectivity index is 2.50. The maximum Gasteiger partial charge on any atom is 0.313 e. The van der Waals surface area contributed by atoms with Crippen LogP contribution in [0, 0.1) is 0 Å². The zero-order chi connectivity index (χ0) is 13.3. The fourth-order valence-electron chi connectivity index (χ4n) is 1.64. The third kappa shape index (κ3) is 2.58. The van der Waals surface area contributed by atoms with Crippen LogP contribution in [0.5, 0.6) is 0 Å². The van der Waals surface area contributed by atoms with Crippen LogP contribution in [0.4, 0.5) is 0 Å². The van der Waals surface area contributed by atoms with Gasteiger partial charge in [-0.15, -0.1) is 0 Å². The number of rotatable bonds is 4. The minimum atomic E-state index is -0.870. The topological polar surface area (TPSA) is 55.1 Å². The van der Waals surface area contributed by atoms with Gasteiger partial charge in [0.1, 0.15) is 0 Å². The van der Waals surface area contributed by atoms with Crippen molar-refractivity contribution in [3.8, 4) is 0 Å². The Hall–Kier alpha value is -0.910. The van der Waals surface area contributed by atoms with Crippen LogP contribution in [0.2, 0.25) is 10.0 Å². The highest BCUT2D eigenvalue weighted by Crippen LogP contribution is 2.30. The molecule has 1 N–H and O–H groups in total. The Kier molecular flexibility index (Phi) is 4.04. The summed E-state index contributed by atoms with van der Waals surface area (Å²) in [7, 11) is 0. The van der Waals surface area contributed by atoms with E-state index < -0.39 is 5.97 Å². The normalized spacial score (nSPS) is 11.1. The van der Waals surface area contributed by atoms with Gasteiger partial charge < -0.3 is 9.67 Å². The molecule has 7 heteroatoms. The molecular formula is C11H10Cl2N2O2S. The number of aryl methyl sites for hydroxylation is 1. The lowest BCUT2D eigenvalue weighted by atomic mass is 10.3. The third-order valence-corrected chi connectivity index (χ3v) is 4.08. The number of thioether (sulfide) groups is 1. The minimum absolute atomic E-state index is 0.0230. The van der Waals surface area contributed by atoms with E-state index in [1.807, 2.05) is 11.5 Å². The van der Waals surface area contributed by atoms with Crippen molar-refractivity contribution >= 4 is 52.0 Å². The number of halogens is 2. The lowest BCUT2D eigenvalue weighted by molar-refractivity contribution is -0.133. The van der Waals surface area contributed by atoms with E-state index in [9.17, 15) is 4.79 Å². The molecule has 0 aliphatic rings. The molecule has 96 valence electrons. The summed E-state index contributed by atoms with van der Waals surface area (Å²) in [6.45, 7) is 2.66. The van der Waals surface area contributed by atoms with E-state index in [1.165, 1.54) is 11.8 Å². The first-order valence-electron chi connectivity index (χ1n) is 5.22. The number of aliphatic carboxylic acids is 1. The molecule has 2 rings (SSSR count). The molecule has 2 aromatic rings. The molecule has 0 saturated heterocycles. The van der Waals surface area contributed by atoms with Crippen LogP contribution in [0.1, 0.15) is 6.92 Å². The van der Waals surface area contributed by atoms with E-state index in [1.54, 1.807) is 12.1 Å².